The number of hydrogen-bond donors (Lipinski definition) is 4. The van der Waals surface area contributed by atoms with Crippen molar-refractivity contribution >= 4 is 40.2 Å². The maximum absolute atomic E-state index is 12.4. The summed E-state index contributed by atoms with van der Waals surface area (Å²) in [6.45, 7) is 6.42. The van der Waals surface area contributed by atoms with Gasteiger partial charge in [0.1, 0.15) is 5.82 Å². The Labute approximate surface area is 206 Å². The van der Waals surface area contributed by atoms with Crippen LogP contribution in [-0.4, -0.2) is 52.2 Å². The number of nitrogens with zero attached hydrogens (tertiary/aromatic N) is 4. The normalized spacial score (nSPS) is 21.0. The second kappa shape index (κ2) is 10.4. The van der Waals surface area contributed by atoms with E-state index in [0.29, 0.717) is 29.5 Å². The first kappa shape index (κ1) is 23.3. The Hall–Kier alpha value is -3.46. The van der Waals surface area contributed by atoms with Crippen molar-refractivity contribution in [1.82, 2.24) is 25.6 Å². The maximum atomic E-state index is 12.4. The van der Waals surface area contributed by atoms with Crippen LogP contribution < -0.4 is 26.2 Å². The average molecular weight is 475 g/mol. The maximum Gasteiger partial charge on any atom is 0.320 e. The molecule has 2 aliphatic rings. The first-order valence-electron chi connectivity index (χ1n) is 12.6. The van der Waals surface area contributed by atoms with Gasteiger partial charge in [-0.2, -0.15) is 4.98 Å². The first-order chi connectivity index (χ1) is 17.0. The van der Waals surface area contributed by atoms with Crippen molar-refractivity contribution in [3.05, 3.63) is 42.6 Å². The smallest absolute Gasteiger partial charge is 0.320 e. The molecule has 1 aliphatic heterocycles. The topological polar surface area (TPSA) is 107 Å². The number of hydrogen-bond acceptors (Lipinski definition) is 7. The summed E-state index contributed by atoms with van der Waals surface area (Å²) in [4.78, 5) is 28.3. The molecule has 2 aromatic heterocycles. The van der Waals surface area contributed by atoms with Crippen molar-refractivity contribution in [3.63, 3.8) is 0 Å². The number of rotatable bonds is 5. The van der Waals surface area contributed by atoms with E-state index in [-0.39, 0.29) is 12.1 Å². The van der Waals surface area contributed by atoms with Crippen LogP contribution in [0, 0.1) is 0 Å². The summed E-state index contributed by atoms with van der Waals surface area (Å²) in [5.74, 6) is 0.935. The molecule has 9 nitrogen and oxygen atoms in total. The Kier molecular flexibility index (Phi) is 6.94. The number of piperazine rings is 1. The van der Waals surface area contributed by atoms with Crippen LogP contribution in [0.5, 0.6) is 0 Å². The summed E-state index contributed by atoms with van der Waals surface area (Å²) in [5, 5.41) is 13.5. The van der Waals surface area contributed by atoms with E-state index in [9.17, 15) is 4.79 Å². The van der Waals surface area contributed by atoms with Gasteiger partial charge in [-0.25, -0.2) is 14.8 Å². The van der Waals surface area contributed by atoms with Crippen LogP contribution in [0.3, 0.4) is 0 Å². The zero-order valence-corrected chi connectivity index (χ0v) is 20.4. The molecule has 3 heterocycles. The molecule has 2 atom stereocenters. The molecule has 0 unspecified atom stereocenters. The number of aromatic nitrogens is 3. The van der Waals surface area contributed by atoms with Crippen LogP contribution in [0.2, 0.25) is 0 Å². The summed E-state index contributed by atoms with van der Waals surface area (Å²) in [7, 11) is 0. The lowest BCUT2D eigenvalue weighted by molar-refractivity contribution is 0.244. The number of carbonyl (C=O) groups is 1. The van der Waals surface area contributed by atoms with Gasteiger partial charge in [-0.1, -0.05) is 19.3 Å². The van der Waals surface area contributed by atoms with E-state index in [1.165, 1.54) is 24.9 Å². The molecule has 0 bridgehead atoms. The van der Waals surface area contributed by atoms with E-state index in [1.807, 2.05) is 18.2 Å². The monoisotopic (exact) mass is 474 g/mol. The lowest BCUT2D eigenvalue weighted by atomic mass is 9.96. The van der Waals surface area contributed by atoms with Gasteiger partial charge in [0.25, 0.3) is 0 Å². The van der Waals surface area contributed by atoms with Crippen molar-refractivity contribution < 1.29 is 4.79 Å². The van der Waals surface area contributed by atoms with E-state index < -0.39 is 0 Å². The Balaban J connectivity index is 1.23. The van der Waals surface area contributed by atoms with E-state index in [1.54, 1.807) is 12.3 Å². The highest BCUT2D eigenvalue weighted by molar-refractivity contribution is 5.90. The third-order valence-electron chi connectivity index (χ3n) is 6.67. The van der Waals surface area contributed by atoms with Crippen molar-refractivity contribution in [1.29, 1.82) is 0 Å². The number of nitrogens with one attached hydrogen (secondary N) is 4. The third-order valence-corrected chi connectivity index (χ3v) is 6.67. The summed E-state index contributed by atoms with van der Waals surface area (Å²) >= 11 is 0. The highest BCUT2D eigenvalue weighted by atomic mass is 16.2. The SMILES string of the molecule is C[C@@H]1CN(c2ccc(Nc3ncc4ccc(NC(=O)NC5CCCCC5)nc4n3)cc2)C[C@H](C)N1. The zero-order chi connectivity index (χ0) is 24.2. The summed E-state index contributed by atoms with van der Waals surface area (Å²) in [6.07, 6.45) is 7.40. The second-order valence-electron chi connectivity index (χ2n) is 9.78. The Morgan fingerprint density at radius 3 is 2.46 bits per heavy atom. The largest absolute Gasteiger partial charge is 0.368 e. The van der Waals surface area contributed by atoms with Gasteiger partial charge in [0.2, 0.25) is 5.95 Å². The number of fused-ring (bicyclic) bond motifs is 1. The van der Waals surface area contributed by atoms with Crippen molar-refractivity contribution in [2.24, 2.45) is 0 Å². The number of carbonyl (C=O) groups excluding carboxylic acids is 1. The standard InChI is InChI=1S/C26H34N8O/c1-17-15-34(16-18(2)28-17)22-11-9-21(10-12-22)29-25-27-14-19-8-13-23(31-24(19)33-25)32-26(35)30-20-6-4-3-5-7-20/h8-14,17-18,20,28H,3-7,15-16H2,1-2H3,(H3,27,29,30,31,32,33,35)/t17-,18+. The lowest BCUT2D eigenvalue weighted by Crippen LogP contribution is -2.54. The molecule has 3 aromatic rings. The number of anilines is 4. The summed E-state index contributed by atoms with van der Waals surface area (Å²) < 4.78 is 0. The molecule has 2 amide bonds. The highest BCUT2D eigenvalue weighted by Crippen LogP contribution is 2.23. The number of amides is 2. The van der Waals surface area contributed by atoms with Crippen LogP contribution in [-0.2, 0) is 0 Å². The van der Waals surface area contributed by atoms with Gasteiger partial charge in [0.15, 0.2) is 5.65 Å². The van der Waals surface area contributed by atoms with E-state index >= 15 is 0 Å². The third kappa shape index (κ3) is 5.97. The minimum absolute atomic E-state index is 0.218. The minimum atomic E-state index is -0.218. The van der Waals surface area contributed by atoms with Gasteiger partial charge in [0, 0.05) is 54.2 Å². The van der Waals surface area contributed by atoms with E-state index in [2.05, 4.69) is 67.1 Å². The zero-order valence-electron chi connectivity index (χ0n) is 20.4. The Morgan fingerprint density at radius 1 is 0.971 bits per heavy atom. The van der Waals surface area contributed by atoms with Crippen molar-refractivity contribution in [2.45, 2.75) is 64.1 Å². The van der Waals surface area contributed by atoms with Crippen LogP contribution in [0.25, 0.3) is 11.0 Å². The summed E-state index contributed by atoms with van der Waals surface area (Å²) in [6, 6.07) is 12.9. The van der Waals surface area contributed by atoms with Gasteiger partial charge >= 0.3 is 6.03 Å². The van der Waals surface area contributed by atoms with Gasteiger partial charge in [0.05, 0.1) is 0 Å². The van der Waals surface area contributed by atoms with Gasteiger partial charge in [-0.15, -0.1) is 0 Å². The number of urea groups is 1. The van der Waals surface area contributed by atoms with Gasteiger partial charge < -0.3 is 20.9 Å². The molecule has 0 radical (unpaired) electrons. The molecule has 2 fully saturated rings. The molecule has 1 aliphatic carbocycles. The van der Waals surface area contributed by atoms with E-state index in [0.717, 1.165) is 37.0 Å². The van der Waals surface area contributed by atoms with Crippen molar-refractivity contribution in [2.75, 3.05) is 28.6 Å². The van der Waals surface area contributed by atoms with Crippen LogP contribution >= 0.6 is 0 Å². The van der Waals surface area contributed by atoms with Crippen LogP contribution in [0.4, 0.5) is 27.9 Å². The van der Waals surface area contributed by atoms with E-state index in [4.69, 9.17) is 0 Å². The lowest BCUT2D eigenvalue weighted by Gasteiger charge is -2.37. The molecule has 4 N–H and O–H groups in total. The number of benzene rings is 1. The van der Waals surface area contributed by atoms with Crippen LogP contribution in [0.15, 0.2) is 42.6 Å². The summed E-state index contributed by atoms with van der Waals surface area (Å²) in [5.41, 5.74) is 2.64. The Bertz CT molecular complexity index is 1150. The fourth-order valence-corrected chi connectivity index (χ4v) is 5.05. The molecule has 5 rings (SSSR count). The van der Waals surface area contributed by atoms with Crippen molar-refractivity contribution in [3.8, 4) is 0 Å². The predicted molar refractivity (Wildman–Crippen MR) is 140 cm³/mol. The minimum Gasteiger partial charge on any atom is -0.368 e. The molecule has 184 valence electrons. The molecule has 35 heavy (non-hydrogen) atoms. The molecule has 1 saturated carbocycles. The fourth-order valence-electron chi connectivity index (χ4n) is 5.05. The van der Waals surface area contributed by atoms with Crippen LogP contribution in [0.1, 0.15) is 46.0 Å². The first-order valence-corrected chi connectivity index (χ1v) is 12.6. The average Bonchev–Trinajstić information content (AvgIpc) is 2.84. The van der Waals surface area contributed by atoms with Gasteiger partial charge in [-0.3, -0.25) is 5.32 Å². The molecular formula is C26H34N8O. The Morgan fingerprint density at radius 2 is 1.71 bits per heavy atom. The molecule has 9 heteroatoms. The second-order valence-corrected chi connectivity index (χ2v) is 9.78. The molecule has 1 aromatic carbocycles. The fraction of sp³-hybridized carbons (Fsp3) is 0.462. The molecular weight excluding hydrogens is 440 g/mol. The molecule has 0 spiro atoms. The highest BCUT2D eigenvalue weighted by Gasteiger charge is 2.21. The molecule has 1 saturated heterocycles. The quantitative estimate of drug-likeness (QED) is 0.434. The number of pyridine rings is 1. The predicted octanol–water partition coefficient (Wildman–Crippen LogP) is 4.41. The van der Waals surface area contributed by atoms with Gasteiger partial charge in [-0.05, 0) is 63.1 Å².